The van der Waals surface area contributed by atoms with E-state index >= 15 is 0 Å². The lowest BCUT2D eigenvalue weighted by Gasteiger charge is -2.12. The molecule has 0 saturated heterocycles. The van der Waals surface area contributed by atoms with Crippen molar-refractivity contribution in [3.05, 3.63) is 28.8 Å². The number of hydrogen-bond donors (Lipinski definition) is 0. The Labute approximate surface area is 129 Å². The van der Waals surface area contributed by atoms with Crippen molar-refractivity contribution in [2.45, 2.75) is 65.6 Å². The maximum atomic E-state index is 5.94. The summed E-state index contributed by atoms with van der Waals surface area (Å²) in [7, 11) is 0. The maximum Gasteiger partial charge on any atom is 0.122 e. The van der Waals surface area contributed by atoms with Crippen LogP contribution >= 0.6 is 11.8 Å². The fourth-order valence-corrected chi connectivity index (χ4v) is 3.05. The summed E-state index contributed by atoms with van der Waals surface area (Å²) >= 11 is 2.07. The number of aryl methyl sites for hydroxylation is 2. The van der Waals surface area contributed by atoms with Crippen LogP contribution in [0.25, 0.3) is 0 Å². The Hall–Kier alpha value is -0.630. The summed E-state index contributed by atoms with van der Waals surface area (Å²) in [5.74, 6) is 2.37. The molecule has 0 atom stereocenters. The molecule has 0 fully saturated rings. The number of rotatable bonds is 9. The second-order valence-electron chi connectivity index (χ2n) is 5.89. The molecule has 114 valence electrons. The van der Waals surface area contributed by atoms with Crippen molar-refractivity contribution in [1.82, 2.24) is 0 Å². The van der Waals surface area contributed by atoms with Crippen LogP contribution in [0.5, 0.6) is 5.75 Å². The standard InChI is InChI=1S/C18H30OS/c1-14(2)20-11-9-7-6-8-10-19-18-13-15(3)12-16(4)17(18)5/h12-14H,6-11H2,1-5H3. The van der Waals surface area contributed by atoms with E-state index < -0.39 is 0 Å². The van der Waals surface area contributed by atoms with Gasteiger partial charge in [-0.3, -0.25) is 0 Å². The van der Waals surface area contributed by atoms with E-state index in [2.05, 4.69) is 58.5 Å². The highest BCUT2D eigenvalue weighted by Gasteiger charge is 2.03. The van der Waals surface area contributed by atoms with Gasteiger partial charge in [-0.15, -0.1) is 0 Å². The molecule has 1 nitrogen and oxygen atoms in total. The minimum atomic E-state index is 0.769. The van der Waals surface area contributed by atoms with Crippen molar-refractivity contribution in [3.8, 4) is 5.75 Å². The Kier molecular flexibility index (Phi) is 8.13. The molecule has 0 spiro atoms. The van der Waals surface area contributed by atoms with Gasteiger partial charge in [0, 0.05) is 0 Å². The first kappa shape index (κ1) is 17.4. The van der Waals surface area contributed by atoms with Crippen LogP contribution in [0.1, 0.15) is 56.2 Å². The summed E-state index contributed by atoms with van der Waals surface area (Å²) in [6.07, 6.45) is 5.11. The number of thioether (sulfide) groups is 1. The first-order valence-electron chi connectivity index (χ1n) is 7.83. The van der Waals surface area contributed by atoms with Crippen molar-refractivity contribution in [2.75, 3.05) is 12.4 Å². The van der Waals surface area contributed by atoms with Gasteiger partial charge in [0.2, 0.25) is 0 Å². The molecule has 0 radical (unpaired) electrons. The van der Waals surface area contributed by atoms with Crippen LogP contribution in [0.15, 0.2) is 12.1 Å². The van der Waals surface area contributed by atoms with Gasteiger partial charge in [-0.05, 0) is 67.4 Å². The Morgan fingerprint density at radius 2 is 1.70 bits per heavy atom. The first-order valence-corrected chi connectivity index (χ1v) is 8.88. The van der Waals surface area contributed by atoms with Crippen LogP contribution in [0.4, 0.5) is 0 Å². The molecule has 0 aliphatic heterocycles. The fourth-order valence-electron chi connectivity index (χ4n) is 2.21. The lowest BCUT2D eigenvalue weighted by molar-refractivity contribution is 0.303. The smallest absolute Gasteiger partial charge is 0.122 e. The van der Waals surface area contributed by atoms with E-state index in [0.717, 1.165) is 17.6 Å². The molecule has 0 N–H and O–H groups in total. The van der Waals surface area contributed by atoms with Crippen molar-refractivity contribution >= 4 is 11.8 Å². The molecule has 0 heterocycles. The largest absolute Gasteiger partial charge is 0.493 e. The average Bonchev–Trinajstić information content (AvgIpc) is 2.37. The van der Waals surface area contributed by atoms with E-state index in [4.69, 9.17) is 4.74 Å². The van der Waals surface area contributed by atoms with E-state index in [1.807, 2.05) is 0 Å². The van der Waals surface area contributed by atoms with Gasteiger partial charge in [0.15, 0.2) is 0 Å². The van der Waals surface area contributed by atoms with Crippen LogP contribution in [-0.4, -0.2) is 17.6 Å². The molecular weight excluding hydrogens is 264 g/mol. The third-order valence-electron chi connectivity index (χ3n) is 3.51. The van der Waals surface area contributed by atoms with Crippen molar-refractivity contribution in [2.24, 2.45) is 0 Å². The molecular formula is C18H30OS. The van der Waals surface area contributed by atoms with Crippen LogP contribution in [0.2, 0.25) is 0 Å². The van der Waals surface area contributed by atoms with Gasteiger partial charge < -0.3 is 4.74 Å². The SMILES string of the molecule is Cc1cc(C)c(C)c(OCCCCCCSC(C)C)c1. The van der Waals surface area contributed by atoms with E-state index in [1.54, 1.807) is 0 Å². The zero-order valence-corrected chi connectivity index (χ0v) is 14.6. The van der Waals surface area contributed by atoms with Gasteiger partial charge in [0.1, 0.15) is 5.75 Å². The number of unbranched alkanes of at least 4 members (excludes halogenated alkanes) is 3. The number of hydrogen-bond acceptors (Lipinski definition) is 2. The Bertz CT molecular complexity index is 399. The third-order valence-corrected chi connectivity index (χ3v) is 4.70. The van der Waals surface area contributed by atoms with Crippen molar-refractivity contribution < 1.29 is 4.74 Å². The lowest BCUT2D eigenvalue weighted by Crippen LogP contribution is -2.00. The summed E-state index contributed by atoms with van der Waals surface area (Å²) in [5, 5.41) is 0.769. The normalized spacial score (nSPS) is 11.1. The van der Waals surface area contributed by atoms with Gasteiger partial charge >= 0.3 is 0 Å². The highest BCUT2D eigenvalue weighted by atomic mass is 32.2. The summed E-state index contributed by atoms with van der Waals surface area (Å²) in [5.41, 5.74) is 3.89. The molecule has 0 aromatic heterocycles. The molecule has 0 unspecified atom stereocenters. The Morgan fingerprint density at radius 3 is 2.40 bits per heavy atom. The number of benzene rings is 1. The van der Waals surface area contributed by atoms with Gasteiger partial charge in [0.05, 0.1) is 6.61 Å². The van der Waals surface area contributed by atoms with Gasteiger partial charge in [-0.2, -0.15) is 11.8 Å². The summed E-state index contributed by atoms with van der Waals surface area (Å²) < 4.78 is 5.94. The zero-order valence-electron chi connectivity index (χ0n) is 13.8. The Balaban J connectivity index is 2.16. The number of ether oxygens (including phenoxy) is 1. The van der Waals surface area contributed by atoms with E-state index in [1.165, 1.54) is 48.1 Å². The Morgan fingerprint density at radius 1 is 1.00 bits per heavy atom. The van der Waals surface area contributed by atoms with E-state index in [0.29, 0.717) is 0 Å². The molecule has 0 aliphatic carbocycles. The van der Waals surface area contributed by atoms with Crippen molar-refractivity contribution in [3.63, 3.8) is 0 Å². The summed E-state index contributed by atoms with van der Waals surface area (Å²) in [6, 6.07) is 4.37. The minimum absolute atomic E-state index is 0.769. The van der Waals surface area contributed by atoms with Gasteiger partial charge in [0.25, 0.3) is 0 Å². The summed E-state index contributed by atoms with van der Waals surface area (Å²) in [6.45, 7) is 11.8. The lowest BCUT2D eigenvalue weighted by atomic mass is 10.1. The van der Waals surface area contributed by atoms with E-state index in [-0.39, 0.29) is 0 Å². The predicted octanol–water partition coefficient (Wildman–Crippen LogP) is 5.69. The highest BCUT2D eigenvalue weighted by Crippen LogP contribution is 2.23. The molecule has 1 rings (SSSR count). The predicted molar refractivity (Wildman–Crippen MR) is 92.2 cm³/mol. The molecule has 0 bridgehead atoms. The quantitative estimate of drug-likeness (QED) is 0.541. The van der Waals surface area contributed by atoms with Crippen LogP contribution in [0.3, 0.4) is 0 Å². The highest BCUT2D eigenvalue weighted by molar-refractivity contribution is 7.99. The second kappa shape index (κ2) is 9.33. The zero-order chi connectivity index (χ0) is 15.0. The average molecular weight is 295 g/mol. The van der Waals surface area contributed by atoms with Gasteiger partial charge in [-0.1, -0.05) is 32.8 Å². The first-order chi connectivity index (χ1) is 9.50. The molecule has 0 aliphatic rings. The molecule has 1 aromatic rings. The minimum Gasteiger partial charge on any atom is -0.493 e. The second-order valence-corrected chi connectivity index (χ2v) is 7.57. The monoisotopic (exact) mass is 294 g/mol. The van der Waals surface area contributed by atoms with Crippen LogP contribution < -0.4 is 4.74 Å². The molecule has 2 heteroatoms. The van der Waals surface area contributed by atoms with Gasteiger partial charge in [-0.25, -0.2) is 0 Å². The molecule has 0 amide bonds. The maximum absolute atomic E-state index is 5.94. The van der Waals surface area contributed by atoms with Crippen LogP contribution in [-0.2, 0) is 0 Å². The third kappa shape index (κ3) is 6.69. The summed E-state index contributed by atoms with van der Waals surface area (Å²) in [4.78, 5) is 0. The van der Waals surface area contributed by atoms with E-state index in [9.17, 15) is 0 Å². The fraction of sp³-hybridized carbons (Fsp3) is 0.667. The molecule has 1 aromatic carbocycles. The molecule has 20 heavy (non-hydrogen) atoms. The topological polar surface area (TPSA) is 9.23 Å². The van der Waals surface area contributed by atoms with Crippen molar-refractivity contribution in [1.29, 1.82) is 0 Å². The van der Waals surface area contributed by atoms with Crippen LogP contribution in [0, 0.1) is 20.8 Å². The molecule has 0 saturated carbocycles.